The van der Waals surface area contributed by atoms with Gasteiger partial charge in [-0.15, -0.1) is 0 Å². The standard InChI is InChI=1S/C19H18N2O2/c1-13-8-6-7-11-15(13)17-18(22)16(20-21(2)19(17)23)12-14-9-4-3-5-10-14/h3-11,22H,12H2,1-2H3. The molecule has 116 valence electrons. The molecule has 0 radical (unpaired) electrons. The number of aromatic hydroxyl groups is 1. The second-order valence-electron chi connectivity index (χ2n) is 5.58. The van der Waals surface area contributed by atoms with Crippen LogP contribution in [0.25, 0.3) is 11.1 Å². The maximum Gasteiger partial charge on any atom is 0.278 e. The lowest BCUT2D eigenvalue weighted by Gasteiger charge is -2.12. The number of nitrogens with zero attached hydrogens (tertiary/aromatic N) is 2. The van der Waals surface area contributed by atoms with Gasteiger partial charge in [0.05, 0.1) is 5.56 Å². The maximum atomic E-state index is 12.5. The van der Waals surface area contributed by atoms with Crippen LogP contribution in [0.5, 0.6) is 5.75 Å². The van der Waals surface area contributed by atoms with Crippen LogP contribution in [0.2, 0.25) is 0 Å². The van der Waals surface area contributed by atoms with Gasteiger partial charge in [0.1, 0.15) is 5.69 Å². The summed E-state index contributed by atoms with van der Waals surface area (Å²) in [6, 6.07) is 17.3. The molecule has 2 aromatic carbocycles. The van der Waals surface area contributed by atoms with Crippen molar-refractivity contribution in [3.05, 3.63) is 81.8 Å². The van der Waals surface area contributed by atoms with E-state index in [0.29, 0.717) is 17.7 Å². The first-order valence-electron chi connectivity index (χ1n) is 7.47. The lowest BCUT2D eigenvalue weighted by atomic mass is 9.99. The minimum atomic E-state index is -0.298. The van der Waals surface area contributed by atoms with E-state index in [9.17, 15) is 9.90 Å². The Hall–Kier alpha value is -2.88. The minimum Gasteiger partial charge on any atom is -0.505 e. The first-order chi connectivity index (χ1) is 11.1. The van der Waals surface area contributed by atoms with Gasteiger partial charge in [0, 0.05) is 13.5 Å². The zero-order chi connectivity index (χ0) is 16.4. The summed E-state index contributed by atoms with van der Waals surface area (Å²) in [5.74, 6) is -0.0359. The van der Waals surface area contributed by atoms with Crippen LogP contribution in [0.4, 0.5) is 0 Å². The van der Waals surface area contributed by atoms with Gasteiger partial charge < -0.3 is 5.11 Å². The van der Waals surface area contributed by atoms with E-state index in [0.717, 1.165) is 16.7 Å². The van der Waals surface area contributed by atoms with Crippen molar-refractivity contribution < 1.29 is 5.11 Å². The third-order valence-electron chi connectivity index (χ3n) is 3.92. The molecule has 4 nitrogen and oxygen atoms in total. The van der Waals surface area contributed by atoms with Crippen LogP contribution in [0, 0.1) is 6.92 Å². The molecule has 4 heteroatoms. The topological polar surface area (TPSA) is 55.1 Å². The normalized spacial score (nSPS) is 10.7. The molecule has 0 atom stereocenters. The summed E-state index contributed by atoms with van der Waals surface area (Å²) in [6.07, 6.45) is 0.472. The molecule has 0 spiro atoms. The summed E-state index contributed by atoms with van der Waals surface area (Å²) < 4.78 is 1.29. The summed E-state index contributed by atoms with van der Waals surface area (Å²) in [6.45, 7) is 1.92. The monoisotopic (exact) mass is 306 g/mol. The first-order valence-corrected chi connectivity index (χ1v) is 7.47. The van der Waals surface area contributed by atoms with Gasteiger partial charge in [-0.2, -0.15) is 5.10 Å². The van der Waals surface area contributed by atoms with E-state index in [1.165, 1.54) is 4.68 Å². The van der Waals surface area contributed by atoms with Crippen LogP contribution in [0.15, 0.2) is 59.4 Å². The van der Waals surface area contributed by atoms with Crippen molar-refractivity contribution in [1.29, 1.82) is 0 Å². The Morgan fingerprint density at radius 3 is 2.39 bits per heavy atom. The summed E-state index contributed by atoms with van der Waals surface area (Å²) in [4.78, 5) is 12.5. The summed E-state index contributed by atoms with van der Waals surface area (Å²) in [5, 5.41) is 14.9. The molecule has 0 aliphatic rings. The van der Waals surface area contributed by atoms with Crippen molar-refractivity contribution in [3.63, 3.8) is 0 Å². The number of hydrogen-bond acceptors (Lipinski definition) is 3. The molecule has 1 aromatic heterocycles. The highest BCUT2D eigenvalue weighted by Crippen LogP contribution is 2.30. The third kappa shape index (κ3) is 2.88. The van der Waals surface area contributed by atoms with Crippen LogP contribution >= 0.6 is 0 Å². The maximum absolute atomic E-state index is 12.5. The highest BCUT2D eigenvalue weighted by atomic mass is 16.3. The Morgan fingerprint density at radius 2 is 1.70 bits per heavy atom. The lowest BCUT2D eigenvalue weighted by molar-refractivity contribution is 0.458. The second kappa shape index (κ2) is 6.08. The molecule has 3 aromatic rings. The second-order valence-corrected chi connectivity index (χ2v) is 5.58. The SMILES string of the molecule is Cc1ccccc1-c1c(O)c(Cc2ccccc2)nn(C)c1=O. The number of benzene rings is 2. The van der Waals surface area contributed by atoms with Crippen molar-refractivity contribution in [2.24, 2.45) is 7.05 Å². The number of aryl methyl sites for hydroxylation is 2. The summed E-state index contributed by atoms with van der Waals surface area (Å²) in [5.41, 5.74) is 3.22. The summed E-state index contributed by atoms with van der Waals surface area (Å²) in [7, 11) is 1.61. The fourth-order valence-corrected chi connectivity index (χ4v) is 2.69. The molecule has 0 bridgehead atoms. The summed E-state index contributed by atoms with van der Waals surface area (Å²) >= 11 is 0. The Labute approximate surface area is 134 Å². The highest BCUT2D eigenvalue weighted by Gasteiger charge is 2.18. The fourth-order valence-electron chi connectivity index (χ4n) is 2.69. The van der Waals surface area contributed by atoms with Crippen molar-refractivity contribution in [2.75, 3.05) is 0 Å². The van der Waals surface area contributed by atoms with Gasteiger partial charge in [0.15, 0.2) is 5.75 Å². The van der Waals surface area contributed by atoms with E-state index in [1.54, 1.807) is 7.05 Å². The average Bonchev–Trinajstić information content (AvgIpc) is 2.55. The van der Waals surface area contributed by atoms with Gasteiger partial charge in [0.2, 0.25) is 0 Å². The third-order valence-corrected chi connectivity index (χ3v) is 3.92. The molecule has 1 heterocycles. The van der Waals surface area contributed by atoms with E-state index in [-0.39, 0.29) is 11.3 Å². The molecule has 0 amide bonds. The molecule has 23 heavy (non-hydrogen) atoms. The average molecular weight is 306 g/mol. The first kappa shape index (κ1) is 15.0. The van der Waals surface area contributed by atoms with E-state index in [2.05, 4.69) is 5.10 Å². The Kier molecular flexibility index (Phi) is 3.98. The van der Waals surface area contributed by atoms with Crippen molar-refractivity contribution in [2.45, 2.75) is 13.3 Å². The largest absolute Gasteiger partial charge is 0.505 e. The van der Waals surface area contributed by atoms with Crippen LogP contribution in [-0.4, -0.2) is 14.9 Å². The lowest BCUT2D eigenvalue weighted by Crippen LogP contribution is -2.23. The predicted octanol–water partition coefficient (Wildman–Crippen LogP) is 3.05. The number of aromatic nitrogens is 2. The predicted molar refractivity (Wildman–Crippen MR) is 90.6 cm³/mol. The zero-order valence-corrected chi connectivity index (χ0v) is 13.2. The van der Waals surface area contributed by atoms with Gasteiger partial charge in [-0.25, -0.2) is 4.68 Å². The van der Waals surface area contributed by atoms with Crippen molar-refractivity contribution >= 4 is 0 Å². The Balaban J connectivity index is 2.18. The molecule has 0 saturated carbocycles. The molecule has 0 fully saturated rings. The molecule has 1 N–H and O–H groups in total. The van der Waals surface area contributed by atoms with Gasteiger partial charge in [-0.05, 0) is 23.6 Å². The molecule has 0 unspecified atom stereocenters. The van der Waals surface area contributed by atoms with Gasteiger partial charge in [0.25, 0.3) is 5.56 Å². The highest BCUT2D eigenvalue weighted by molar-refractivity contribution is 5.72. The van der Waals surface area contributed by atoms with Gasteiger partial charge in [-0.3, -0.25) is 4.79 Å². The Morgan fingerprint density at radius 1 is 1.04 bits per heavy atom. The smallest absolute Gasteiger partial charge is 0.278 e. The van der Waals surface area contributed by atoms with Gasteiger partial charge in [-0.1, -0.05) is 54.6 Å². The number of hydrogen-bond donors (Lipinski definition) is 1. The molecular formula is C19H18N2O2. The van der Waals surface area contributed by atoms with E-state index in [1.807, 2.05) is 61.5 Å². The van der Waals surface area contributed by atoms with Crippen molar-refractivity contribution in [3.8, 4) is 16.9 Å². The van der Waals surface area contributed by atoms with E-state index >= 15 is 0 Å². The molecular weight excluding hydrogens is 288 g/mol. The molecule has 0 saturated heterocycles. The number of rotatable bonds is 3. The van der Waals surface area contributed by atoms with Crippen LogP contribution in [0.3, 0.4) is 0 Å². The van der Waals surface area contributed by atoms with E-state index in [4.69, 9.17) is 0 Å². The molecule has 0 aliphatic carbocycles. The van der Waals surface area contributed by atoms with Crippen LogP contribution < -0.4 is 5.56 Å². The van der Waals surface area contributed by atoms with Crippen LogP contribution in [-0.2, 0) is 13.5 Å². The molecule has 3 rings (SSSR count). The van der Waals surface area contributed by atoms with Gasteiger partial charge >= 0.3 is 0 Å². The fraction of sp³-hybridized carbons (Fsp3) is 0.158. The van der Waals surface area contributed by atoms with Crippen molar-refractivity contribution in [1.82, 2.24) is 9.78 Å². The molecule has 0 aliphatic heterocycles. The van der Waals surface area contributed by atoms with Crippen LogP contribution in [0.1, 0.15) is 16.8 Å². The van der Waals surface area contributed by atoms with E-state index < -0.39 is 0 Å². The quantitative estimate of drug-likeness (QED) is 0.809. The Bertz CT molecular complexity index is 899. The zero-order valence-electron chi connectivity index (χ0n) is 13.2. The minimum absolute atomic E-state index is 0.0359.